The summed E-state index contributed by atoms with van der Waals surface area (Å²) in [4.78, 5) is 11.9. The number of carbonyl (C=O) groups excluding carboxylic acids is 1. The van der Waals surface area contributed by atoms with Crippen molar-refractivity contribution >= 4 is 12.0 Å². The number of benzene rings is 2. The Morgan fingerprint density at radius 3 is 2.04 bits per heavy atom. The smallest absolute Gasteiger partial charge is 0.419 e. The zero-order chi connectivity index (χ0) is 20.0. The van der Waals surface area contributed by atoms with Crippen LogP contribution in [0.4, 0.5) is 13.2 Å². The van der Waals surface area contributed by atoms with Crippen molar-refractivity contribution in [3.05, 3.63) is 53.6 Å². The first-order valence-corrected chi connectivity index (χ1v) is 7.66. The Hall–Kier alpha value is -3.16. The molecule has 2 rings (SSSR count). The predicted octanol–water partition coefficient (Wildman–Crippen LogP) is 4.35. The van der Waals surface area contributed by atoms with Crippen molar-refractivity contribution in [3.63, 3.8) is 0 Å². The van der Waals surface area contributed by atoms with Gasteiger partial charge >= 0.3 is 12.1 Å². The highest BCUT2D eigenvalue weighted by atomic mass is 19.4. The number of hydrogen-bond acceptors (Lipinski definition) is 5. The highest BCUT2D eigenvalue weighted by Gasteiger charge is 2.34. The molecule has 144 valence electrons. The van der Waals surface area contributed by atoms with E-state index in [0.717, 1.165) is 18.2 Å². The number of ether oxygens (including phenoxy) is 4. The normalized spacial score (nSPS) is 11.3. The summed E-state index contributed by atoms with van der Waals surface area (Å²) < 4.78 is 59.2. The molecular formula is C19H17F3O5. The summed E-state index contributed by atoms with van der Waals surface area (Å²) in [5, 5.41) is 0. The van der Waals surface area contributed by atoms with Gasteiger partial charge in [-0.05, 0) is 35.9 Å². The van der Waals surface area contributed by atoms with E-state index in [0.29, 0.717) is 22.8 Å². The van der Waals surface area contributed by atoms with Gasteiger partial charge in [-0.15, -0.1) is 0 Å². The number of alkyl halides is 3. The second kappa shape index (κ2) is 8.48. The molecule has 2 aromatic rings. The lowest BCUT2D eigenvalue weighted by molar-refractivity contribution is -0.140. The molecule has 27 heavy (non-hydrogen) atoms. The van der Waals surface area contributed by atoms with Gasteiger partial charge in [0.15, 0.2) is 11.5 Å². The Labute approximate surface area is 153 Å². The fourth-order valence-corrected chi connectivity index (χ4v) is 2.29. The molecule has 0 bridgehead atoms. The van der Waals surface area contributed by atoms with Gasteiger partial charge in [-0.25, -0.2) is 4.79 Å². The van der Waals surface area contributed by atoms with E-state index >= 15 is 0 Å². The highest BCUT2D eigenvalue weighted by Crippen LogP contribution is 2.39. The Balaban J connectivity index is 2.23. The summed E-state index contributed by atoms with van der Waals surface area (Å²) in [6.45, 7) is 0. The van der Waals surface area contributed by atoms with Gasteiger partial charge in [0.1, 0.15) is 5.75 Å². The fraction of sp³-hybridized carbons (Fsp3) is 0.211. The lowest BCUT2D eigenvalue weighted by atomic mass is 10.1. The monoisotopic (exact) mass is 382 g/mol. The van der Waals surface area contributed by atoms with Crippen molar-refractivity contribution in [2.24, 2.45) is 0 Å². The first-order chi connectivity index (χ1) is 12.8. The molecule has 2 aromatic carbocycles. The second-order valence-corrected chi connectivity index (χ2v) is 5.21. The summed E-state index contributed by atoms with van der Waals surface area (Å²) in [6.07, 6.45) is -2.26. The Morgan fingerprint density at radius 1 is 0.926 bits per heavy atom. The van der Waals surface area contributed by atoms with Crippen LogP contribution in [0.5, 0.6) is 23.0 Å². The van der Waals surface area contributed by atoms with Gasteiger partial charge < -0.3 is 18.9 Å². The van der Waals surface area contributed by atoms with Crippen LogP contribution in [0.15, 0.2) is 42.5 Å². The number of halogens is 3. The van der Waals surface area contributed by atoms with E-state index in [1.54, 1.807) is 12.1 Å². The SMILES string of the molecule is COc1cc(C=CC(=O)Oc2ccccc2C(F)(F)F)cc(OC)c1OC. The van der Waals surface area contributed by atoms with Crippen molar-refractivity contribution in [2.75, 3.05) is 21.3 Å². The number of esters is 1. The number of hydrogen-bond donors (Lipinski definition) is 0. The Bertz CT molecular complexity index is 818. The fourth-order valence-electron chi connectivity index (χ4n) is 2.29. The zero-order valence-electron chi connectivity index (χ0n) is 14.8. The molecule has 0 aliphatic rings. The van der Waals surface area contributed by atoms with Gasteiger partial charge in [0.05, 0.1) is 26.9 Å². The van der Waals surface area contributed by atoms with Crippen molar-refractivity contribution in [1.29, 1.82) is 0 Å². The van der Waals surface area contributed by atoms with Crippen molar-refractivity contribution < 1.29 is 36.9 Å². The summed E-state index contributed by atoms with van der Waals surface area (Å²) in [5.41, 5.74) is -0.523. The van der Waals surface area contributed by atoms with Crippen LogP contribution in [0.2, 0.25) is 0 Å². The van der Waals surface area contributed by atoms with Gasteiger partial charge in [0, 0.05) is 6.08 Å². The van der Waals surface area contributed by atoms with Crippen LogP contribution < -0.4 is 18.9 Å². The number of carbonyl (C=O) groups is 1. The first-order valence-electron chi connectivity index (χ1n) is 7.66. The molecule has 0 spiro atoms. The van der Waals surface area contributed by atoms with Gasteiger partial charge in [-0.2, -0.15) is 13.2 Å². The molecule has 0 aliphatic carbocycles. The molecule has 0 heterocycles. The quantitative estimate of drug-likeness (QED) is 0.422. The number of para-hydroxylation sites is 1. The molecule has 0 saturated heterocycles. The molecule has 0 atom stereocenters. The van der Waals surface area contributed by atoms with Gasteiger partial charge in [0.25, 0.3) is 0 Å². The highest BCUT2D eigenvalue weighted by molar-refractivity contribution is 5.89. The van der Waals surface area contributed by atoms with E-state index in [-0.39, 0.29) is 0 Å². The minimum atomic E-state index is -4.63. The lowest BCUT2D eigenvalue weighted by Crippen LogP contribution is -2.11. The molecule has 0 fully saturated rings. The van der Waals surface area contributed by atoms with Crippen LogP contribution in [0, 0.1) is 0 Å². The van der Waals surface area contributed by atoms with Crippen molar-refractivity contribution in [2.45, 2.75) is 6.18 Å². The maximum absolute atomic E-state index is 12.9. The molecule has 0 unspecified atom stereocenters. The van der Waals surface area contributed by atoms with E-state index in [1.165, 1.54) is 39.5 Å². The summed E-state index contributed by atoms with van der Waals surface area (Å²) >= 11 is 0. The molecule has 8 heteroatoms. The van der Waals surface area contributed by atoms with Crippen LogP contribution in [0.3, 0.4) is 0 Å². The third-order valence-electron chi connectivity index (χ3n) is 3.50. The topological polar surface area (TPSA) is 54.0 Å². The molecule has 5 nitrogen and oxygen atoms in total. The minimum Gasteiger partial charge on any atom is -0.493 e. The maximum Gasteiger partial charge on any atom is 0.419 e. The van der Waals surface area contributed by atoms with E-state index in [9.17, 15) is 18.0 Å². The van der Waals surface area contributed by atoms with Crippen LogP contribution >= 0.6 is 0 Å². The van der Waals surface area contributed by atoms with Crippen LogP contribution in [0.1, 0.15) is 11.1 Å². The van der Waals surface area contributed by atoms with E-state index in [4.69, 9.17) is 18.9 Å². The van der Waals surface area contributed by atoms with Crippen LogP contribution in [-0.2, 0) is 11.0 Å². The van der Waals surface area contributed by atoms with Crippen molar-refractivity contribution in [3.8, 4) is 23.0 Å². The molecule has 0 saturated carbocycles. The second-order valence-electron chi connectivity index (χ2n) is 5.21. The first kappa shape index (κ1) is 20.2. The van der Waals surface area contributed by atoms with Crippen LogP contribution in [0.25, 0.3) is 6.08 Å². The summed E-state index contributed by atoms with van der Waals surface area (Å²) in [6, 6.07) is 7.63. The van der Waals surface area contributed by atoms with E-state index < -0.39 is 23.5 Å². The Morgan fingerprint density at radius 2 is 1.52 bits per heavy atom. The molecule has 0 amide bonds. The predicted molar refractivity (Wildman–Crippen MR) is 92.2 cm³/mol. The number of methoxy groups -OCH3 is 3. The van der Waals surface area contributed by atoms with Crippen LogP contribution in [-0.4, -0.2) is 27.3 Å². The minimum absolute atomic E-state index is 0.368. The molecular weight excluding hydrogens is 365 g/mol. The zero-order valence-corrected chi connectivity index (χ0v) is 14.8. The van der Waals surface area contributed by atoms with Gasteiger partial charge in [-0.3, -0.25) is 0 Å². The average Bonchev–Trinajstić information content (AvgIpc) is 2.64. The third-order valence-corrected chi connectivity index (χ3v) is 3.50. The van der Waals surface area contributed by atoms with Gasteiger partial charge in [0.2, 0.25) is 5.75 Å². The molecule has 0 radical (unpaired) electrons. The molecule has 0 aromatic heterocycles. The summed E-state index contributed by atoms with van der Waals surface area (Å²) in [5.74, 6) is -0.414. The standard InChI is InChI=1S/C19H17F3O5/c1-24-15-10-12(11-16(25-2)18(15)26-3)8-9-17(23)27-14-7-5-4-6-13(14)19(20,21)22/h4-11H,1-3H3. The summed E-state index contributed by atoms with van der Waals surface area (Å²) in [7, 11) is 4.32. The lowest BCUT2D eigenvalue weighted by Gasteiger charge is -2.13. The number of rotatable bonds is 6. The Kier molecular flexibility index (Phi) is 6.33. The molecule has 0 N–H and O–H groups in total. The molecule has 0 aliphatic heterocycles. The van der Waals surface area contributed by atoms with Crippen molar-refractivity contribution in [1.82, 2.24) is 0 Å². The van der Waals surface area contributed by atoms with E-state index in [1.807, 2.05) is 0 Å². The third kappa shape index (κ3) is 4.93. The van der Waals surface area contributed by atoms with Gasteiger partial charge in [-0.1, -0.05) is 12.1 Å². The van der Waals surface area contributed by atoms with E-state index in [2.05, 4.69) is 0 Å². The largest absolute Gasteiger partial charge is 0.493 e. The maximum atomic E-state index is 12.9. The average molecular weight is 382 g/mol.